The molecule has 0 aromatic heterocycles. The molecular weight excluding hydrogens is 206 g/mol. The van der Waals surface area contributed by atoms with Crippen LogP contribution in [0.25, 0.3) is 0 Å². The summed E-state index contributed by atoms with van der Waals surface area (Å²) in [6.07, 6.45) is 16.6. The molecule has 1 N–H and O–H groups in total. The van der Waals surface area contributed by atoms with E-state index in [0.717, 1.165) is 24.2 Å². The summed E-state index contributed by atoms with van der Waals surface area (Å²) < 4.78 is 0. The van der Waals surface area contributed by atoms with Gasteiger partial charge in [-0.3, -0.25) is 0 Å². The van der Waals surface area contributed by atoms with Gasteiger partial charge >= 0.3 is 0 Å². The molecule has 4 aliphatic rings. The zero-order chi connectivity index (χ0) is 11.9. The van der Waals surface area contributed by atoms with Gasteiger partial charge in [-0.2, -0.15) is 0 Å². The second kappa shape index (κ2) is 4.32. The zero-order valence-electron chi connectivity index (χ0n) is 11.0. The molecule has 0 aliphatic heterocycles. The average molecular weight is 231 g/mol. The van der Waals surface area contributed by atoms with Crippen molar-refractivity contribution in [3.63, 3.8) is 0 Å². The number of hydrogen-bond acceptors (Lipinski definition) is 1. The lowest BCUT2D eigenvalue weighted by atomic mass is 9.47. The maximum absolute atomic E-state index is 5.45. The van der Waals surface area contributed by atoms with Crippen molar-refractivity contribution in [3.8, 4) is 12.3 Å². The Morgan fingerprint density at radius 3 is 2.12 bits per heavy atom. The van der Waals surface area contributed by atoms with Gasteiger partial charge in [0.2, 0.25) is 0 Å². The summed E-state index contributed by atoms with van der Waals surface area (Å²) in [4.78, 5) is 0. The molecule has 0 amide bonds. The minimum Gasteiger partial charge on any atom is -0.316 e. The van der Waals surface area contributed by atoms with Crippen LogP contribution in [0.4, 0.5) is 0 Å². The van der Waals surface area contributed by atoms with Crippen LogP contribution in [0, 0.1) is 35.5 Å². The van der Waals surface area contributed by atoms with Crippen molar-refractivity contribution in [1.29, 1.82) is 0 Å². The van der Waals surface area contributed by atoms with E-state index >= 15 is 0 Å². The third-order valence-corrected chi connectivity index (χ3v) is 5.75. The second-order valence-electron chi connectivity index (χ2n) is 6.86. The lowest BCUT2D eigenvalue weighted by Gasteiger charge is -2.59. The standard InChI is InChI=1S/C16H25N/c1-3-4-5-15(17-2)16-9-12-6-13(10-16)8-14(7-12)11-16/h1,12-15,17H,4-11H2,2H3. The molecule has 0 spiro atoms. The van der Waals surface area contributed by atoms with Gasteiger partial charge in [0.15, 0.2) is 0 Å². The van der Waals surface area contributed by atoms with Crippen molar-refractivity contribution in [2.24, 2.45) is 23.2 Å². The summed E-state index contributed by atoms with van der Waals surface area (Å²) in [5, 5.41) is 3.60. The molecule has 1 atom stereocenters. The fourth-order valence-corrected chi connectivity index (χ4v) is 5.59. The maximum atomic E-state index is 5.45. The van der Waals surface area contributed by atoms with Gasteiger partial charge in [-0.05, 0) is 75.2 Å². The summed E-state index contributed by atoms with van der Waals surface area (Å²) in [5.74, 6) is 5.96. The smallest absolute Gasteiger partial charge is 0.0130 e. The predicted molar refractivity (Wildman–Crippen MR) is 71.5 cm³/mol. The SMILES string of the molecule is C#CCCC(NC)C12CC3CC(CC(C3)C1)C2. The molecule has 4 bridgehead atoms. The van der Waals surface area contributed by atoms with E-state index in [1.807, 2.05) is 0 Å². The molecule has 4 rings (SSSR count). The maximum Gasteiger partial charge on any atom is 0.0130 e. The van der Waals surface area contributed by atoms with Crippen LogP contribution in [0.15, 0.2) is 0 Å². The first kappa shape index (κ1) is 11.6. The van der Waals surface area contributed by atoms with E-state index in [9.17, 15) is 0 Å². The normalized spacial score (nSPS) is 44.6. The summed E-state index contributed by atoms with van der Waals surface area (Å²) in [5.41, 5.74) is 0.611. The number of hydrogen-bond donors (Lipinski definition) is 1. The molecular formula is C16H25N. The van der Waals surface area contributed by atoms with Crippen molar-refractivity contribution in [1.82, 2.24) is 5.32 Å². The highest BCUT2D eigenvalue weighted by Crippen LogP contribution is 2.61. The average Bonchev–Trinajstić information content (AvgIpc) is 2.27. The van der Waals surface area contributed by atoms with Crippen molar-refractivity contribution in [2.45, 2.75) is 57.4 Å². The van der Waals surface area contributed by atoms with E-state index in [4.69, 9.17) is 6.42 Å². The van der Waals surface area contributed by atoms with Gasteiger partial charge < -0.3 is 5.32 Å². The molecule has 0 heterocycles. The Kier molecular flexibility index (Phi) is 2.95. The zero-order valence-corrected chi connectivity index (χ0v) is 11.0. The molecule has 0 radical (unpaired) electrons. The summed E-state index contributed by atoms with van der Waals surface area (Å²) in [6.45, 7) is 0. The third-order valence-electron chi connectivity index (χ3n) is 5.75. The minimum atomic E-state index is 0.611. The Morgan fingerprint density at radius 1 is 1.18 bits per heavy atom. The van der Waals surface area contributed by atoms with Crippen molar-refractivity contribution >= 4 is 0 Å². The predicted octanol–water partition coefficient (Wildman–Crippen LogP) is 3.20. The first-order valence-electron chi connectivity index (χ1n) is 7.36. The Hall–Kier alpha value is -0.480. The molecule has 4 fully saturated rings. The van der Waals surface area contributed by atoms with Crippen LogP contribution >= 0.6 is 0 Å². The van der Waals surface area contributed by atoms with E-state index in [1.165, 1.54) is 44.9 Å². The van der Waals surface area contributed by atoms with Crippen molar-refractivity contribution < 1.29 is 0 Å². The molecule has 0 saturated heterocycles. The van der Waals surface area contributed by atoms with E-state index < -0.39 is 0 Å². The fourth-order valence-electron chi connectivity index (χ4n) is 5.59. The van der Waals surface area contributed by atoms with Gasteiger partial charge in [0.1, 0.15) is 0 Å². The van der Waals surface area contributed by atoms with E-state index in [1.54, 1.807) is 0 Å². The van der Waals surface area contributed by atoms with E-state index in [-0.39, 0.29) is 0 Å². The quantitative estimate of drug-likeness (QED) is 0.733. The molecule has 17 heavy (non-hydrogen) atoms. The first-order valence-corrected chi connectivity index (χ1v) is 7.36. The summed E-state index contributed by atoms with van der Waals surface area (Å²) in [7, 11) is 2.14. The lowest BCUT2D eigenvalue weighted by molar-refractivity contribution is -0.0736. The fraction of sp³-hybridized carbons (Fsp3) is 0.875. The van der Waals surface area contributed by atoms with Crippen LogP contribution in [0.3, 0.4) is 0 Å². The largest absolute Gasteiger partial charge is 0.316 e. The van der Waals surface area contributed by atoms with Gasteiger partial charge in [0.05, 0.1) is 0 Å². The number of terminal acetylenes is 1. The van der Waals surface area contributed by atoms with Crippen molar-refractivity contribution in [2.75, 3.05) is 7.05 Å². The molecule has 94 valence electrons. The molecule has 0 aromatic carbocycles. The van der Waals surface area contributed by atoms with Crippen LogP contribution in [0.1, 0.15) is 51.4 Å². The summed E-state index contributed by atoms with van der Waals surface area (Å²) in [6, 6.07) is 0.673. The lowest BCUT2D eigenvalue weighted by Crippen LogP contribution is -2.55. The topological polar surface area (TPSA) is 12.0 Å². The van der Waals surface area contributed by atoms with Gasteiger partial charge in [-0.1, -0.05) is 0 Å². The molecule has 4 aliphatic carbocycles. The van der Waals surface area contributed by atoms with E-state index in [2.05, 4.69) is 18.3 Å². The Bertz CT molecular complexity index is 290. The summed E-state index contributed by atoms with van der Waals surface area (Å²) >= 11 is 0. The Labute approximate surface area is 106 Å². The number of nitrogens with one attached hydrogen (secondary N) is 1. The van der Waals surface area contributed by atoms with Gasteiger partial charge in [0, 0.05) is 12.5 Å². The highest BCUT2D eigenvalue weighted by atomic mass is 14.9. The van der Waals surface area contributed by atoms with Crippen LogP contribution in [-0.4, -0.2) is 13.1 Å². The van der Waals surface area contributed by atoms with Crippen molar-refractivity contribution in [3.05, 3.63) is 0 Å². The molecule has 1 unspecified atom stereocenters. The first-order chi connectivity index (χ1) is 8.25. The second-order valence-corrected chi connectivity index (χ2v) is 6.86. The van der Waals surface area contributed by atoms with Crippen LogP contribution in [0.2, 0.25) is 0 Å². The Balaban J connectivity index is 1.78. The van der Waals surface area contributed by atoms with Gasteiger partial charge in [-0.25, -0.2) is 0 Å². The third kappa shape index (κ3) is 1.91. The number of rotatable bonds is 4. The highest BCUT2D eigenvalue weighted by molar-refractivity contribution is 5.06. The molecule has 4 saturated carbocycles. The van der Waals surface area contributed by atoms with E-state index in [0.29, 0.717) is 11.5 Å². The highest BCUT2D eigenvalue weighted by Gasteiger charge is 2.53. The molecule has 1 nitrogen and oxygen atoms in total. The van der Waals surface area contributed by atoms with Gasteiger partial charge in [-0.15, -0.1) is 12.3 Å². The monoisotopic (exact) mass is 231 g/mol. The van der Waals surface area contributed by atoms with Crippen LogP contribution in [-0.2, 0) is 0 Å². The van der Waals surface area contributed by atoms with Gasteiger partial charge in [0.25, 0.3) is 0 Å². The van der Waals surface area contributed by atoms with Crippen LogP contribution in [0.5, 0.6) is 0 Å². The van der Waals surface area contributed by atoms with Crippen LogP contribution < -0.4 is 5.32 Å². The molecule has 0 aromatic rings. The minimum absolute atomic E-state index is 0.611. The Morgan fingerprint density at radius 2 is 1.71 bits per heavy atom. The molecule has 1 heteroatoms.